The number of nitrogens with one attached hydrogen (secondary N) is 1. The van der Waals surface area contributed by atoms with Gasteiger partial charge in [0.25, 0.3) is 0 Å². The van der Waals surface area contributed by atoms with Crippen LogP contribution in [0, 0.1) is 5.92 Å². The van der Waals surface area contributed by atoms with Crippen LogP contribution in [0.15, 0.2) is 12.1 Å². The number of carbonyl (C=O) groups is 1. The van der Waals surface area contributed by atoms with Gasteiger partial charge in [-0.05, 0) is 43.9 Å². The predicted molar refractivity (Wildman–Crippen MR) is 71.1 cm³/mol. The molecule has 0 atom stereocenters. The number of ether oxygens (including phenoxy) is 1. The lowest BCUT2D eigenvalue weighted by molar-refractivity contribution is 0.0702. The Morgan fingerprint density at radius 2 is 2.33 bits per heavy atom. The summed E-state index contributed by atoms with van der Waals surface area (Å²) >= 11 is 1.33. The van der Waals surface area contributed by atoms with Gasteiger partial charge in [-0.2, -0.15) is 0 Å². The van der Waals surface area contributed by atoms with Crippen molar-refractivity contribution in [3.05, 3.63) is 21.9 Å². The van der Waals surface area contributed by atoms with E-state index in [0.717, 1.165) is 43.5 Å². The molecule has 0 bridgehead atoms. The zero-order chi connectivity index (χ0) is 12.8. The Kier molecular flexibility index (Phi) is 5.16. The molecule has 0 unspecified atom stereocenters. The van der Waals surface area contributed by atoms with Gasteiger partial charge in [0.1, 0.15) is 4.88 Å². The monoisotopic (exact) mass is 269 g/mol. The SMILES string of the molecule is O=C(O)c1ccc(CNCCCOCC2CC2)s1. The van der Waals surface area contributed by atoms with E-state index in [1.165, 1.54) is 24.2 Å². The van der Waals surface area contributed by atoms with Crippen molar-refractivity contribution in [3.8, 4) is 0 Å². The van der Waals surface area contributed by atoms with E-state index in [0.29, 0.717) is 4.88 Å². The summed E-state index contributed by atoms with van der Waals surface area (Å²) in [6.07, 6.45) is 3.68. The lowest BCUT2D eigenvalue weighted by atomic mass is 10.4. The zero-order valence-corrected chi connectivity index (χ0v) is 11.2. The van der Waals surface area contributed by atoms with E-state index in [1.807, 2.05) is 6.07 Å². The van der Waals surface area contributed by atoms with E-state index < -0.39 is 5.97 Å². The van der Waals surface area contributed by atoms with Crippen LogP contribution in [0.4, 0.5) is 0 Å². The van der Waals surface area contributed by atoms with Crippen LogP contribution in [0.5, 0.6) is 0 Å². The van der Waals surface area contributed by atoms with Gasteiger partial charge in [-0.3, -0.25) is 0 Å². The Hall–Kier alpha value is -0.910. The van der Waals surface area contributed by atoms with E-state index in [4.69, 9.17) is 9.84 Å². The first kappa shape index (κ1) is 13.5. The van der Waals surface area contributed by atoms with Crippen LogP contribution in [-0.4, -0.2) is 30.8 Å². The van der Waals surface area contributed by atoms with Crippen molar-refractivity contribution in [3.63, 3.8) is 0 Å². The summed E-state index contributed by atoms with van der Waals surface area (Å²) in [6.45, 7) is 3.38. The smallest absolute Gasteiger partial charge is 0.345 e. The lowest BCUT2D eigenvalue weighted by Gasteiger charge is -2.04. The standard InChI is InChI=1S/C13H19NO3S/c15-13(16)12-5-4-11(18-12)8-14-6-1-7-17-9-10-2-3-10/h4-5,10,14H,1-3,6-9H2,(H,15,16). The second-order valence-electron chi connectivity index (χ2n) is 4.62. The van der Waals surface area contributed by atoms with Crippen molar-refractivity contribution in [2.24, 2.45) is 5.92 Å². The summed E-state index contributed by atoms with van der Waals surface area (Å²) in [5.41, 5.74) is 0. The quantitative estimate of drug-likeness (QED) is 0.676. The van der Waals surface area contributed by atoms with Crippen LogP contribution >= 0.6 is 11.3 Å². The molecule has 18 heavy (non-hydrogen) atoms. The summed E-state index contributed by atoms with van der Waals surface area (Å²) in [7, 11) is 0. The maximum atomic E-state index is 10.7. The van der Waals surface area contributed by atoms with Crippen LogP contribution in [0.25, 0.3) is 0 Å². The van der Waals surface area contributed by atoms with E-state index in [2.05, 4.69) is 5.32 Å². The fraction of sp³-hybridized carbons (Fsp3) is 0.615. The van der Waals surface area contributed by atoms with Gasteiger partial charge in [0.05, 0.1) is 0 Å². The third-order valence-electron chi connectivity index (χ3n) is 2.86. The normalized spacial score (nSPS) is 14.9. The fourth-order valence-corrected chi connectivity index (χ4v) is 2.45. The molecule has 5 heteroatoms. The Morgan fingerprint density at radius 3 is 3.00 bits per heavy atom. The molecular weight excluding hydrogens is 250 g/mol. The van der Waals surface area contributed by atoms with Crippen molar-refractivity contribution < 1.29 is 14.6 Å². The average molecular weight is 269 g/mol. The highest BCUT2D eigenvalue weighted by Crippen LogP contribution is 2.28. The number of carboxylic acid groups (broad SMARTS) is 1. The first-order valence-electron chi connectivity index (χ1n) is 6.36. The van der Waals surface area contributed by atoms with Gasteiger partial charge in [-0.1, -0.05) is 0 Å². The minimum atomic E-state index is -0.847. The second-order valence-corrected chi connectivity index (χ2v) is 5.79. The Balaban J connectivity index is 1.49. The highest BCUT2D eigenvalue weighted by molar-refractivity contribution is 7.13. The molecule has 1 aromatic heterocycles. The highest BCUT2D eigenvalue weighted by atomic mass is 32.1. The molecule has 0 aromatic carbocycles. The van der Waals surface area contributed by atoms with Gasteiger partial charge < -0.3 is 15.2 Å². The van der Waals surface area contributed by atoms with Crippen LogP contribution in [0.2, 0.25) is 0 Å². The molecule has 4 nitrogen and oxygen atoms in total. The molecule has 100 valence electrons. The lowest BCUT2D eigenvalue weighted by Crippen LogP contribution is -2.16. The number of carboxylic acids is 1. The molecule has 1 fully saturated rings. The number of aromatic carboxylic acids is 1. The summed E-state index contributed by atoms with van der Waals surface area (Å²) in [5.74, 6) is -0.0155. The number of thiophene rings is 1. The summed E-state index contributed by atoms with van der Waals surface area (Å²) < 4.78 is 5.53. The van der Waals surface area contributed by atoms with E-state index >= 15 is 0 Å². The van der Waals surface area contributed by atoms with E-state index in [9.17, 15) is 4.79 Å². The topological polar surface area (TPSA) is 58.6 Å². The minimum Gasteiger partial charge on any atom is -0.477 e. The molecular formula is C13H19NO3S. The Morgan fingerprint density at radius 1 is 1.50 bits per heavy atom. The number of hydrogen-bond acceptors (Lipinski definition) is 4. The zero-order valence-electron chi connectivity index (χ0n) is 10.4. The van der Waals surface area contributed by atoms with Gasteiger partial charge in [-0.25, -0.2) is 4.79 Å². The molecule has 2 N–H and O–H groups in total. The molecule has 1 aromatic rings. The maximum absolute atomic E-state index is 10.7. The van der Waals surface area contributed by atoms with Crippen molar-refractivity contribution in [1.29, 1.82) is 0 Å². The van der Waals surface area contributed by atoms with Crippen molar-refractivity contribution in [2.75, 3.05) is 19.8 Å². The van der Waals surface area contributed by atoms with Crippen LogP contribution in [-0.2, 0) is 11.3 Å². The summed E-state index contributed by atoms with van der Waals surface area (Å²) in [4.78, 5) is 12.2. The molecule has 1 heterocycles. The van der Waals surface area contributed by atoms with E-state index in [1.54, 1.807) is 6.07 Å². The molecule has 0 spiro atoms. The molecule has 0 radical (unpaired) electrons. The van der Waals surface area contributed by atoms with Gasteiger partial charge >= 0.3 is 5.97 Å². The minimum absolute atomic E-state index is 0.402. The predicted octanol–water partition coefficient (Wildman–Crippen LogP) is 2.35. The van der Waals surface area contributed by atoms with Gasteiger partial charge in [-0.15, -0.1) is 11.3 Å². The van der Waals surface area contributed by atoms with Gasteiger partial charge in [0, 0.05) is 24.6 Å². The highest BCUT2D eigenvalue weighted by Gasteiger charge is 2.20. The molecule has 0 aliphatic heterocycles. The molecule has 0 saturated heterocycles. The van der Waals surface area contributed by atoms with Crippen molar-refractivity contribution in [2.45, 2.75) is 25.8 Å². The maximum Gasteiger partial charge on any atom is 0.345 e. The molecule has 1 aliphatic rings. The van der Waals surface area contributed by atoms with Crippen molar-refractivity contribution in [1.82, 2.24) is 5.32 Å². The molecule has 2 rings (SSSR count). The average Bonchev–Trinajstić information content (AvgIpc) is 3.04. The number of rotatable bonds is 9. The van der Waals surface area contributed by atoms with Gasteiger partial charge in [0.2, 0.25) is 0 Å². The second kappa shape index (κ2) is 6.87. The third kappa shape index (κ3) is 4.76. The van der Waals surface area contributed by atoms with Crippen LogP contribution < -0.4 is 5.32 Å². The summed E-state index contributed by atoms with van der Waals surface area (Å²) in [5, 5.41) is 12.1. The Labute approximate surface area is 111 Å². The number of hydrogen-bond donors (Lipinski definition) is 2. The Bertz CT molecular complexity index is 387. The van der Waals surface area contributed by atoms with Crippen LogP contribution in [0.1, 0.15) is 33.8 Å². The molecule has 1 saturated carbocycles. The van der Waals surface area contributed by atoms with Crippen LogP contribution in [0.3, 0.4) is 0 Å². The largest absolute Gasteiger partial charge is 0.477 e. The summed E-state index contributed by atoms with van der Waals surface area (Å²) in [6, 6.07) is 3.52. The first-order chi connectivity index (χ1) is 8.75. The van der Waals surface area contributed by atoms with E-state index in [-0.39, 0.29) is 0 Å². The fourth-order valence-electron chi connectivity index (χ4n) is 1.63. The molecule has 0 amide bonds. The van der Waals surface area contributed by atoms with Crippen molar-refractivity contribution >= 4 is 17.3 Å². The van der Waals surface area contributed by atoms with Gasteiger partial charge in [0.15, 0.2) is 0 Å². The first-order valence-corrected chi connectivity index (χ1v) is 7.18. The molecule has 1 aliphatic carbocycles. The third-order valence-corrected chi connectivity index (χ3v) is 3.94.